The number of hydrogen-bond donors (Lipinski definition) is 0. The molecule has 3 aromatic carbocycles. The number of para-hydroxylation sites is 1. The Hall–Kier alpha value is -4.19. The van der Waals surface area contributed by atoms with Gasteiger partial charge in [-0.15, -0.1) is 0 Å². The van der Waals surface area contributed by atoms with Crippen molar-refractivity contribution in [1.82, 2.24) is 14.3 Å². The van der Waals surface area contributed by atoms with Gasteiger partial charge in [0, 0.05) is 35.6 Å². The van der Waals surface area contributed by atoms with Gasteiger partial charge in [-0.25, -0.2) is 0 Å². The van der Waals surface area contributed by atoms with Crippen LogP contribution in [0.15, 0.2) is 71.5 Å². The van der Waals surface area contributed by atoms with Crippen LogP contribution in [-0.4, -0.2) is 26.8 Å². The number of hydrogen-bond acceptors (Lipinski definition) is 3. The normalized spacial score (nSPS) is 11.3. The van der Waals surface area contributed by atoms with E-state index in [1.54, 1.807) is 4.90 Å². The first kappa shape index (κ1) is 22.6. The molecule has 0 spiro atoms. The van der Waals surface area contributed by atoms with Gasteiger partial charge >= 0.3 is 0 Å². The van der Waals surface area contributed by atoms with Gasteiger partial charge in [-0.1, -0.05) is 48.0 Å². The molecular formula is C29H28N4O2. The van der Waals surface area contributed by atoms with Gasteiger partial charge in [-0.3, -0.25) is 9.59 Å². The minimum atomic E-state index is -0.256. The van der Waals surface area contributed by atoms with E-state index in [0.29, 0.717) is 23.1 Å². The summed E-state index contributed by atoms with van der Waals surface area (Å²) in [5, 5.41) is 6.14. The van der Waals surface area contributed by atoms with Crippen molar-refractivity contribution in [3.05, 3.63) is 99.5 Å². The average Bonchev–Trinajstić information content (AvgIpc) is 3.16. The largest absolute Gasteiger partial charge is 0.339 e. The topological polar surface area (TPSA) is 60.1 Å². The Balaban J connectivity index is 1.85. The molecule has 0 N–H and O–H groups in total. The van der Waals surface area contributed by atoms with Crippen molar-refractivity contribution in [2.24, 2.45) is 7.05 Å². The summed E-state index contributed by atoms with van der Waals surface area (Å²) in [6.07, 6.45) is 0. The van der Waals surface area contributed by atoms with Crippen LogP contribution in [-0.2, 0) is 7.05 Å². The van der Waals surface area contributed by atoms with Crippen LogP contribution in [0.1, 0.15) is 34.1 Å². The average molecular weight is 465 g/mol. The summed E-state index contributed by atoms with van der Waals surface area (Å²) in [4.78, 5) is 29.7. The van der Waals surface area contributed by atoms with E-state index in [1.165, 1.54) is 4.68 Å². The Labute approximate surface area is 204 Å². The Morgan fingerprint density at radius 3 is 2.34 bits per heavy atom. The molecule has 6 heteroatoms. The minimum Gasteiger partial charge on any atom is -0.339 e. The first-order valence-corrected chi connectivity index (χ1v) is 11.8. The van der Waals surface area contributed by atoms with Crippen LogP contribution in [0.25, 0.3) is 27.5 Å². The molecule has 0 aliphatic heterocycles. The molecule has 0 aliphatic carbocycles. The molecule has 0 bridgehead atoms. The molecule has 0 radical (unpaired) electrons. The third-order valence-electron chi connectivity index (χ3n) is 6.64. The van der Waals surface area contributed by atoms with Crippen LogP contribution in [0, 0.1) is 20.8 Å². The molecule has 0 atom stereocenters. The van der Waals surface area contributed by atoms with Gasteiger partial charge in [0.05, 0.1) is 5.69 Å². The zero-order chi connectivity index (χ0) is 24.9. The maximum absolute atomic E-state index is 14.2. The van der Waals surface area contributed by atoms with Crippen molar-refractivity contribution in [2.45, 2.75) is 27.7 Å². The number of rotatable bonds is 4. The van der Waals surface area contributed by atoms with E-state index in [-0.39, 0.29) is 17.2 Å². The molecule has 35 heavy (non-hydrogen) atoms. The summed E-state index contributed by atoms with van der Waals surface area (Å²) in [6, 6.07) is 21.4. The van der Waals surface area contributed by atoms with Gasteiger partial charge in [0.25, 0.3) is 11.5 Å². The summed E-state index contributed by atoms with van der Waals surface area (Å²) < 4.78 is 3.22. The lowest BCUT2D eigenvalue weighted by molar-refractivity contribution is 0.0983. The number of amides is 1. The second-order valence-corrected chi connectivity index (χ2v) is 9.04. The maximum atomic E-state index is 14.2. The molecule has 0 unspecified atom stereocenters. The molecule has 0 saturated carbocycles. The first-order chi connectivity index (χ1) is 16.8. The molecular weight excluding hydrogens is 436 g/mol. The number of carbonyl (C=O) groups excluding carboxylic acids is 1. The lowest BCUT2D eigenvalue weighted by Crippen LogP contribution is -2.34. The SMILES string of the molecule is CCN(C(=O)c1nn(-c2ccc(C)cc2)c(=O)c2c1c1ccccc1n2C)c1cc(C)ccc1C. The van der Waals surface area contributed by atoms with Crippen LogP contribution in [0.2, 0.25) is 0 Å². The van der Waals surface area contributed by atoms with Crippen molar-refractivity contribution >= 4 is 33.4 Å². The highest BCUT2D eigenvalue weighted by Gasteiger charge is 2.27. The first-order valence-electron chi connectivity index (χ1n) is 11.8. The molecule has 1 amide bonds. The molecule has 2 heterocycles. The van der Waals surface area contributed by atoms with Gasteiger partial charge in [0.2, 0.25) is 0 Å². The standard InChI is InChI=1S/C29H28N4O2/c1-6-32(24-17-19(3)11-14-20(24)4)28(34)26-25-22-9-7-8-10-23(22)31(5)27(25)29(35)33(30-26)21-15-12-18(2)13-16-21/h7-17H,6H2,1-5H3. The Bertz CT molecular complexity index is 1660. The number of benzene rings is 3. The highest BCUT2D eigenvalue weighted by molar-refractivity contribution is 6.20. The lowest BCUT2D eigenvalue weighted by atomic mass is 10.1. The predicted octanol–water partition coefficient (Wildman–Crippen LogP) is 5.47. The highest BCUT2D eigenvalue weighted by atomic mass is 16.2. The van der Waals surface area contributed by atoms with Crippen LogP contribution in [0.4, 0.5) is 5.69 Å². The third kappa shape index (κ3) is 3.62. The Kier molecular flexibility index (Phi) is 5.52. The van der Waals surface area contributed by atoms with E-state index >= 15 is 0 Å². The number of nitrogens with zero attached hydrogens (tertiary/aromatic N) is 4. The number of anilines is 1. The summed E-state index contributed by atoms with van der Waals surface area (Å²) in [5.74, 6) is -0.233. The molecule has 176 valence electrons. The maximum Gasteiger partial charge on any atom is 0.296 e. The van der Waals surface area contributed by atoms with E-state index in [1.807, 2.05) is 106 Å². The van der Waals surface area contributed by atoms with E-state index in [2.05, 4.69) is 0 Å². The highest BCUT2D eigenvalue weighted by Crippen LogP contribution is 2.31. The van der Waals surface area contributed by atoms with Crippen LogP contribution < -0.4 is 10.5 Å². The fraction of sp³-hybridized carbons (Fsp3) is 0.207. The molecule has 6 nitrogen and oxygen atoms in total. The van der Waals surface area contributed by atoms with Crippen molar-refractivity contribution < 1.29 is 4.79 Å². The molecule has 0 saturated heterocycles. The monoisotopic (exact) mass is 464 g/mol. The minimum absolute atomic E-state index is 0.233. The fourth-order valence-electron chi connectivity index (χ4n) is 4.75. The van der Waals surface area contributed by atoms with E-state index < -0.39 is 0 Å². The smallest absolute Gasteiger partial charge is 0.296 e. The fourth-order valence-corrected chi connectivity index (χ4v) is 4.75. The summed E-state index contributed by atoms with van der Waals surface area (Å²) in [5.41, 5.74) is 5.98. The van der Waals surface area contributed by atoms with Crippen molar-refractivity contribution in [3.8, 4) is 5.69 Å². The van der Waals surface area contributed by atoms with E-state index in [4.69, 9.17) is 5.10 Å². The van der Waals surface area contributed by atoms with Crippen LogP contribution in [0.3, 0.4) is 0 Å². The predicted molar refractivity (Wildman–Crippen MR) is 142 cm³/mol. The van der Waals surface area contributed by atoms with Crippen molar-refractivity contribution in [1.29, 1.82) is 0 Å². The van der Waals surface area contributed by atoms with Gasteiger partial charge in [-0.05, 0) is 63.1 Å². The zero-order valence-corrected chi connectivity index (χ0v) is 20.7. The Morgan fingerprint density at radius 1 is 0.943 bits per heavy atom. The van der Waals surface area contributed by atoms with Crippen molar-refractivity contribution in [3.63, 3.8) is 0 Å². The second kappa shape index (κ2) is 8.55. The van der Waals surface area contributed by atoms with E-state index in [0.717, 1.165) is 33.3 Å². The quantitative estimate of drug-likeness (QED) is 0.354. The van der Waals surface area contributed by atoms with Crippen molar-refractivity contribution in [2.75, 3.05) is 11.4 Å². The molecule has 2 aromatic heterocycles. The van der Waals surface area contributed by atoms with Gasteiger partial charge in [0.15, 0.2) is 5.69 Å². The molecule has 0 fully saturated rings. The zero-order valence-electron chi connectivity index (χ0n) is 20.7. The van der Waals surface area contributed by atoms with Gasteiger partial charge < -0.3 is 9.47 Å². The number of fused-ring (bicyclic) bond motifs is 3. The molecule has 5 aromatic rings. The molecule has 5 rings (SSSR count). The number of aryl methyl sites for hydroxylation is 4. The third-order valence-corrected chi connectivity index (χ3v) is 6.64. The van der Waals surface area contributed by atoms with Gasteiger partial charge in [-0.2, -0.15) is 9.78 Å². The summed E-state index contributed by atoms with van der Waals surface area (Å²) >= 11 is 0. The number of carbonyl (C=O) groups is 1. The van der Waals surface area contributed by atoms with Crippen LogP contribution in [0.5, 0.6) is 0 Å². The van der Waals surface area contributed by atoms with Gasteiger partial charge in [0.1, 0.15) is 5.52 Å². The second-order valence-electron chi connectivity index (χ2n) is 9.04. The van der Waals surface area contributed by atoms with E-state index in [9.17, 15) is 9.59 Å². The lowest BCUT2D eigenvalue weighted by Gasteiger charge is -2.24. The number of aromatic nitrogens is 3. The Morgan fingerprint density at radius 2 is 1.63 bits per heavy atom. The van der Waals surface area contributed by atoms with Crippen LogP contribution >= 0.6 is 0 Å². The summed E-state index contributed by atoms with van der Waals surface area (Å²) in [7, 11) is 1.86. The molecule has 0 aliphatic rings. The summed E-state index contributed by atoms with van der Waals surface area (Å²) in [6.45, 7) is 8.43.